The number of alkyl carbamates (subject to hydrolysis) is 1. The van der Waals surface area contributed by atoms with E-state index >= 15 is 0 Å². The van der Waals surface area contributed by atoms with Crippen LogP contribution in [0.4, 0.5) is 4.79 Å². The van der Waals surface area contributed by atoms with Gasteiger partial charge in [-0.25, -0.2) is 4.79 Å². The second kappa shape index (κ2) is 4.84. The molecule has 1 aliphatic carbocycles. The molecule has 1 fully saturated rings. The van der Waals surface area contributed by atoms with Crippen LogP contribution in [0, 0.1) is 5.92 Å². The molecule has 4 nitrogen and oxygen atoms in total. The lowest BCUT2D eigenvalue weighted by Crippen LogP contribution is -2.37. The van der Waals surface area contributed by atoms with Crippen molar-refractivity contribution in [1.82, 2.24) is 10.6 Å². The Bertz CT molecular complexity index is 223. The molecular formula is C11H22N2O2. The molecule has 0 aromatic rings. The predicted octanol–water partition coefficient (Wildman–Crippen LogP) is 1.51. The van der Waals surface area contributed by atoms with Crippen LogP contribution in [0.15, 0.2) is 0 Å². The quantitative estimate of drug-likeness (QED) is 0.697. The third kappa shape index (κ3) is 5.62. The van der Waals surface area contributed by atoms with Gasteiger partial charge in [-0.15, -0.1) is 0 Å². The lowest BCUT2D eigenvalue weighted by molar-refractivity contribution is 0.0528. The largest absolute Gasteiger partial charge is 0.444 e. The minimum atomic E-state index is -0.414. The van der Waals surface area contributed by atoms with Crippen molar-refractivity contribution in [3.8, 4) is 0 Å². The molecule has 1 amide bonds. The summed E-state index contributed by atoms with van der Waals surface area (Å²) in [5.41, 5.74) is -0.414. The van der Waals surface area contributed by atoms with Crippen molar-refractivity contribution in [1.29, 1.82) is 0 Å². The average Bonchev–Trinajstić information content (AvgIpc) is 2.73. The van der Waals surface area contributed by atoms with Crippen molar-refractivity contribution in [2.75, 3.05) is 13.1 Å². The molecule has 1 aliphatic rings. The fourth-order valence-electron chi connectivity index (χ4n) is 1.34. The Labute approximate surface area is 91.8 Å². The molecule has 0 radical (unpaired) electrons. The summed E-state index contributed by atoms with van der Waals surface area (Å²) in [6.07, 6.45) is 0.917. The summed E-state index contributed by atoms with van der Waals surface area (Å²) < 4.78 is 5.10. The third-order valence-electron chi connectivity index (χ3n) is 2.31. The maximum atomic E-state index is 11.2. The number of nitrogens with one attached hydrogen (secondary N) is 2. The van der Waals surface area contributed by atoms with Gasteiger partial charge in [-0.2, -0.15) is 0 Å². The van der Waals surface area contributed by atoms with Gasteiger partial charge in [0.05, 0.1) is 0 Å². The second-order valence-electron chi connectivity index (χ2n) is 5.20. The van der Waals surface area contributed by atoms with Gasteiger partial charge in [0.1, 0.15) is 5.60 Å². The van der Waals surface area contributed by atoms with E-state index in [0.717, 1.165) is 12.5 Å². The molecule has 0 bridgehead atoms. The highest BCUT2D eigenvalue weighted by molar-refractivity contribution is 5.67. The first-order valence-corrected chi connectivity index (χ1v) is 5.59. The van der Waals surface area contributed by atoms with E-state index in [0.29, 0.717) is 12.6 Å². The van der Waals surface area contributed by atoms with Crippen molar-refractivity contribution in [3.05, 3.63) is 0 Å². The maximum Gasteiger partial charge on any atom is 0.407 e. The Morgan fingerprint density at radius 3 is 2.47 bits per heavy atom. The van der Waals surface area contributed by atoms with Crippen molar-refractivity contribution >= 4 is 6.09 Å². The molecule has 0 aliphatic heterocycles. The highest BCUT2D eigenvalue weighted by Crippen LogP contribution is 2.28. The zero-order chi connectivity index (χ0) is 11.5. The Hall–Kier alpha value is -0.770. The van der Waals surface area contributed by atoms with E-state index in [9.17, 15) is 4.79 Å². The van der Waals surface area contributed by atoms with Gasteiger partial charge < -0.3 is 15.4 Å². The van der Waals surface area contributed by atoms with Crippen LogP contribution in [0.25, 0.3) is 0 Å². The molecule has 1 saturated carbocycles. The lowest BCUT2D eigenvalue weighted by Gasteiger charge is -2.19. The first-order chi connectivity index (χ1) is 6.88. The number of ether oxygens (including phenoxy) is 1. The summed E-state index contributed by atoms with van der Waals surface area (Å²) in [6.45, 7) is 9.23. The predicted molar refractivity (Wildman–Crippen MR) is 59.8 cm³/mol. The van der Waals surface area contributed by atoms with Gasteiger partial charge in [0.15, 0.2) is 0 Å². The first kappa shape index (κ1) is 12.3. The minimum absolute atomic E-state index is 0.340. The molecular weight excluding hydrogens is 192 g/mol. The van der Waals surface area contributed by atoms with Crippen LogP contribution in [-0.4, -0.2) is 30.8 Å². The Kier molecular flexibility index (Phi) is 3.97. The van der Waals surface area contributed by atoms with Crippen LogP contribution in [0.1, 0.15) is 34.1 Å². The van der Waals surface area contributed by atoms with Crippen molar-refractivity contribution < 1.29 is 9.53 Å². The molecule has 1 rings (SSSR count). The summed E-state index contributed by atoms with van der Waals surface area (Å²) in [5, 5.41) is 6.07. The van der Waals surface area contributed by atoms with Crippen LogP contribution in [0.3, 0.4) is 0 Å². The summed E-state index contributed by atoms with van der Waals surface area (Å²) in [4.78, 5) is 11.2. The van der Waals surface area contributed by atoms with E-state index < -0.39 is 5.60 Å². The molecule has 4 heteroatoms. The summed E-state index contributed by atoms with van der Waals surface area (Å²) in [5.74, 6) is 0.798. The average molecular weight is 214 g/mol. The monoisotopic (exact) mass is 214 g/mol. The molecule has 15 heavy (non-hydrogen) atoms. The van der Waals surface area contributed by atoms with Crippen molar-refractivity contribution in [2.45, 2.75) is 45.8 Å². The van der Waals surface area contributed by atoms with Gasteiger partial charge in [-0.05, 0) is 33.1 Å². The minimum Gasteiger partial charge on any atom is -0.444 e. The highest BCUT2D eigenvalue weighted by atomic mass is 16.6. The summed E-state index contributed by atoms with van der Waals surface area (Å²) >= 11 is 0. The first-order valence-electron chi connectivity index (χ1n) is 5.59. The van der Waals surface area contributed by atoms with Gasteiger partial charge in [0.2, 0.25) is 0 Å². The van der Waals surface area contributed by atoms with Crippen LogP contribution in [-0.2, 0) is 4.74 Å². The standard InChI is InChI=1S/C11H22N2O2/c1-8-7-9(8)12-5-6-13-10(14)15-11(2,3)4/h8-9,12H,5-7H2,1-4H3,(H,13,14). The summed E-state index contributed by atoms with van der Waals surface area (Å²) in [6, 6.07) is 0.658. The number of rotatable bonds is 4. The third-order valence-corrected chi connectivity index (χ3v) is 2.31. The van der Waals surface area contributed by atoms with E-state index in [2.05, 4.69) is 17.6 Å². The fourth-order valence-corrected chi connectivity index (χ4v) is 1.34. The van der Waals surface area contributed by atoms with Crippen LogP contribution in [0.5, 0.6) is 0 Å². The number of hydrogen-bond donors (Lipinski definition) is 2. The van der Waals surface area contributed by atoms with Crippen molar-refractivity contribution in [3.63, 3.8) is 0 Å². The Morgan fingerprint density at radius 1 is 1.40 bits per heavy atom. The second-order valence-corrected chi connectivity index (χ2v) is 5.20. The van der Waals surface area contributed by atoms with E-state index in [1.54, 1.807) is 0 Å². The normalized spacial score (nSPS) is 24.8. The molecule has 0 spiro atoms. The van der Waals surface area contributed by atoms with E-state index in [1.165, 1.54) is 6.42 Å². The molecule has 88 valence electrons. The van der Waals surface area contributed by atoms with Gasteiger partial charge in [0.25, 0.3) is 0 Å². The van der Waals surface area contributed by atoms with Crippen LogP contribution in [0.2, 0.25) is 0 Å². The molecule has 2 N–H and O–H groups in total. The SMILES string of the molecule is CC1CC1NCCNC(=O)OC(C)(C)C. The highest BCUT2D eigenvalue weighted by Gasteiger charge is 2.31. The fraction of sp³-hybridized carbons (Fsp3) is 0.909. The molecule has 0 saturated heterocycles. The van der Waals surface area contributed by atoms with Gasteiger partial charge in [-0.3, -0.25) is 0 Å². The zero-order valence-electron chi connectivity index (χ0n) is 10.1. The van der Waals surface area contributed by atoms with Crippen molar-refractivity contribution in [2.24, 2.45) is 5.92 Å². The number of amides is 1. The van der Waals surface area contributed by atoms with Gasteiger partial charge in [-0.1, -0.05) is 6.92 Å². The van der Waals surface area contributed by atoms with E-state index in [-0.39, 0.29) is 6.09 Å². The molecule has 2 unspecified atom stereocenters. The summed E-state index contributed by atoms with van der Waals surface area (Å²) in [7, 11) is 0. The molecule has 2 atom stereocenters. The van der Waals surface area contributed by atoms with E-state index in [1.807, 2.05) is 20.8 Å². The van der Waals surface area contributed by atoms with Crippen LogP contribution < -0.4 is 10.6 Å². The maximum absolute atomic E-state index is 11.2. The van der Waals surface area contributed by atoms with Gasteiger partial charge >= 0.3 is 6.09 Å². The van der Waals surface area contributed by atoms with Crippen LogP contribution >= 0.6 is 0 Å². The Morgan fingerprint density at radius 2 is 2.00 bits per heavy atom. The topological polar surface area (TPSA) is 50.4 Å². The molecule has 0 aromatic carbocycles. The Balaban J connectivity index is 1.97. The van der Waals surface area contributed by atoms with E-state index in [4.69, 9.17) is 4.74 Å². The number of carbonyl (C=O) groups is 1. The zero-order valence-corrected chi connectivity index (χ0v) is 10.1. The smallest absolute Gasteiger partial charge is 0.407 e. The van der Waals surface area contributed by atoms with Gasteiger partial charge in [0, 0.05) is 19.1 Å². The molecule has 0 aromatic heterocycles. The number of carbonyl (C=O) groups excluding carboxylic acids is 1. The number of hydrogen-bond acceptors (Lipinski definition) is 3. The lowest BCUT2D eigenvalue weighted by atomic mass is 10.2. The molecule has 0 heterocycles.